The van der Waals surface area contributed by atoms with Crippen molar-refractivity contribution < 1.29 is 29.4 Å². The van der Waals surface area contributed by atoms with Gasteiger partial charge in [-0.25, -0.2) is 0 Å². The van der Waals surface area contributed by atoms with Crippen molar-refractivity contribution in [1.82, 2.24) is 16.0 Å². The fourth-order valence-corrected chi connectivity index (χ4v) is 3.42. The zero-order valence-corrected chi connectivity index (χ0v) is 21.6. The van der Waals surface area contributed by atoms with Crippen molar-refractivity contribution in [2.24, 2.45) is 27.9 Å². The molecule has 38 heavy (non-hydrogen) atoms. The fourth-order valence-electron chi connectivity index (χ4n) is 3.42. The summed E-state index contributed by atoms with van der Waals surface area (Å²) in [7, 11) is 0. The number of phenols is 1. The van der Waals surface area contributed by atoms with Crippen LogP contribution in [-0.2, 0) is 25.6 Å². The van der Waals surface area contributed by atoms with Gasteiger partial charge in [-0.15, -0.1) is 0 Å². The zero-order chi connectivity index (χ0) is 28.7. The molecule has 212 valence electrons. The van der Waals surface area contributed by atoms with Gasteiger partial charge < -0.3 is 49.1 Å². The number of nitrogens with two attached hydrogens (primary N) is 4. The normalized spacial score (nSPS) is 13.9. The van der Waals surface area contributed by atoms with Gasteiger partial charge in [-0.3, -0.25) is 24.2 Å². The summed E-state index contributed by atoms with van der Waals surface area (Å²) in [5, 5.41) is 26.3. The Labute approximate surface area is 221 Å². The molecule has 14 heteroatoms. The number of rotatable bonds is 17. The largest absolute Gasteiger partial charge is 0.508 e. The van der Waals surface area contributed by atoms with E-state index in [1.165, 1.54) is 19.1 Å². The highest BCUT2D eigenvalue weighted by atomic mass is 16.4. The lowest BCUT2D eigenvalue weighted by Gasteiger charge is -2.25. The summed E-state index contributed by atoms with van der Waals surface area (Å²) in [6.07, 6.45) is 2.20. The minimum Gasteiger partial charge on any atom is -0.508 e. The summed E-state index contributed by atoms with van der Waals surface area (Å²) in [6, 6.07) is 1.67. The number of benzene rings is 1. The first-order chi connectivity index (χ1) is 17.9. The number of guanidine groups is 1. The molecule has 4 unspecified atom stereocenters. The zero-order valence-electron chi connectivity index (χ0n) is 21.6. The fraction of sp³-hybridized carbons (Fsp3) is 0.542. The predicted molar refractivity (Wildman–Crippen MR) is 142 cm³/mol. The molecule has 0 aromatic heterocycles. The van der Waals surface area contributed by atoms with Crippen LogP contribution in [0.1, 0.15) is 44.6 Å². The summed E-state index contributed by atoms with van der Waals surface area (Å²) in [5.41, 5.74) is 22.7. The number of aliphatic imine (C=N–C) groups is 1. The van der Waals surface area contributed by atoms with Crippen molar-refractivity contribution >= 4 is 29.7 Å². The van der Waals surface area contributed by atoms with Crippen LogP contribution >= 0.6 is 0 Å². The van der Waals surface area contributed by atoms with Crippen LogP contribution < -0.4 is 38.9 Å². The van der Waals surface area contributed by atoms with Gasteiger partial charge in [0.05, 0.1) is 6.04 Å². The van der Waals surface area contributed by atoms with Crippen LogP contribution in [0.2, 0.25) is 0 Å². The smallest absolute Gasteiger partial charge is 0.325 e. The average Bonchev–Trinajstić information content (AvgIpc) is 2.86. The van der Waals surface area contributed by atoms with E-state index in [-0.39, 0.29) is 31.1 Å². The van der Waals surface area contributed by atoms with Gasteiger partial charge in [-0.05, 0) is 56.8 Å². The number of amides is 3. The summed E-state index contributed by atoms with van der Waals surface area (Å²) in [5.74, 6) is -3.28. The van der Waals surface area contributed by atoms with Crippen LogP contribution in [0.4, 0.5) is 0 Å². The van der Waals surface area contributed by atoms with E-state index in [1.807, 2.05) is 0 Å². The third kappa shape index (κ3) is 12.4. The molecule has 3 amide bonds. The standard InChI is InChI=1S/C24H40N8O6/c1-14(23(37)38)30-22(36)19(13-15-7-9-16(33)10-8-15)32-21(35)18(6-4-12-29-24(27)28)31-20(34)17(26)5-2-3-11-25/h7-10,14,17-19,33H,2-6,11-13,25-26H2,1H3,(H,30,36)(H,31,34)(H,32,35)(H,37,38)(H4,27,28,29). The Morgan fingerprint density at radius 3 is 2.08 bits per heavy atom. The lowest BCUT2D eigenvalue weighted by Crippen LogP contribution is -2.57. The number of phenolic OH excluding ortho intramolecular Hbond substituents is 1. The molecule has 1 aromatic rings. The quantitative estimate of drug-likeness (QED) is 0.0600. The molecule has 0 aliphatic carbocycles. The molecule has 0 bridgehead atoms. The molecule has 0 spiro atoms. The maximum absolute atomic E-state index is 13.3. The second kappa shape index (κ2) is 16.8. The number of carboxylic acid groups (broad SMARTS) is 1. The van der Waals surface area contributed by atoms with E-state index >= 15 is 0 Å². The molecule has 13 N–H and O–H groups in total. The molecule has 0 aliphatic rings. The molecule has 0 heterocycles. The van der Waals surface area contributed by atoms with Crippen molar-refractivity contribution in [3.8, 4) is 5.75 Å². The van der Waals surface area contributed by atoms with Crippen molar-refractivity contribution in [3.63, 3.8) is 0 Å². The van der Waals surface area contributed by atoms with Gasteiger partial charge >= 0.3 is 5.97 Å². The summed E-state index contributed by atoms with van der Waals surface area (Å²) < 4.78 is 0. The molecule has 0 radical (unpaired) electrons. The Hall–Kier alpha value is -3.91. The third-order valence-corrected chi connectivity index (χ3v) is 5.62. The monoisotopic (exact) mass is 536 g/mol. The average molecular weight is 537 g/mol. The van der Waals surface area contributed by atoms with Gasteiger partial charge in [0.2, 0.25) is 17.7 Å². The number of nitrogens with zero attached hydrogens (tertiary/aromatic N) is 1. The van der Waals surface area contributed by atoms with E-state index in [1.54, 1.807) is 12.1 Å². The molecule has 1 rings (SSSR count). The number of hydrogen-bond donors (Lipinski definition) is 9. The maximum Gasteiger partial charge on any atom is 0.325 e. The molecule has 1 aromatic carbocycles. The maximum atomic E-state index is 13.3. The first-order valence-electron chi connectivity index (χ1n) is 12.4. The lowest BCUT2D eigenvalue weighted by atomic mass is 10.0. The Morgan fingerprint density at radius 2 is 1.50 bits per heavy atom. The van der Waals surface area contributed by atoms with E-state index in [9.17, 15) is 24.3 Å². The minimum absolute atomic E-state index is 0.00252. The summed E-state index contributed by atoms with van der Waals surface area (Å²) in [4.78, 5) is 53.9. The van der Waals surface area contributed by atoms with Crippen molar-refractivity contribution in [3.05, 3.63) is 29.8 Å². The number of unbranched alkanes of at least 4 members (excludes halogenated alkanes) is 1. The second-order valence-corrected chi connectivity index (χ2v) is 8.90. The summed E-state index contributed by atoms with van der Waals surface area (Å²) >= 11 is 0. The van der Waals surface area contributed by atoms with Gasteiger partial charge in [0, 0.05) is 13.0 Å². The summed E-state index contributed by atoms with van der Waals surface area (Å²) in [6.45, 7) is 1.96. The minimum atomic E-state index is -1.25. The van der Waals surface area contributed by atoms with Gasteiger partial charge in [-0.2, -0.15) is 0 Å². The highest BCUT2D eigenvalue weighted by Gasteiger charge is 2.29. The van der Waals surface area contributed by atoms with Crippen molar-refractivity contribution in [1.29, 1.82) is 0 Å². The molecule has 0 aliphatic heterocycles. The van der Waals surface area contributed by atoms with Crippen molar-refractivity contribution in [2.45, 2.75) is 69.6 Å². The van der Waals surface area contributed by atoms with E-state index in [0.717, 1.165) is 0 Å². The Balaban J connectivity index is 3.07. The van der Waals surface area contributed by atoms with Crippen LogP contribution in [0, 0.1) is 0 Å². The number of nitrogens with one attached hydrogen (secondary N) is 3. The molecule has 4 atom stereocenters. The SMILES string of the molecule is CC(NC(=O)C(Cc1ccc(O)cc1)NC(=O)C(CCCN=C(N)N)NC(=O)C(N)CCCCN)C(=O)O. The lowest BCUT2D eigenvalue weighted by molar-refractivity contribution is -0.141. The van der Waals surface area contributed by atoms with E-state index in [2.05, 4.69) is 20.9 Å². The highest BCUT2D eigenvalue weighted by Crippen LogP contribution is 2.12. The van der Waals surface area contributed by atoms with Gasteiger partial charge in [0.1, 0.15) is 23.9 Å². The molecule has 0 saturated heterocycles. The van der Waals surface area contributed by atoms with Crippen molar-refractivity contribution in [2.75, 3.05) is 13.1 Å². The van der Waals surface area contributed by atoms with Crippen LogP contribution in [0.5, 0.6) is 5.75 Å². The van der Waals surface area contributed by atoms with Gasteiger partial charge in [0.15, 0.2) is 5.96 Å². The van der Waals surface area contributed by atoms with Crippen LogP contribution in [0.25, 0.3) is 0 Å². The van der Waals surface area contributed by atoms with E-state index < -0.39 is 47.9 Å². The van der Waals surface area contributed by atoms with E-state index in [0.29, 0.717) is 37.8 Å². The number of carboxylic acids is 1. The molecule has 14 nitrogen and oxygen atoms in total. The second-order valence-electron chi connectivity index (χ2n) is 8.90. The number of hydrogen-bond acceptors (Lipinski definition) is 8. The van der Waals surface area contributed by atoms with E-state index in [4.69, 9.17) is 28.0 Å². The number of carbonyl (C=O) groups excluding carboxylic acids is 3. The van der Waals surface area contributed by atoms with Crippen LogP contribution in [-0.4, -0.2) is 77.1 Å². The number of carbonyl (C=O) groups is 4. The third-order valence-electron chi connectivity index (χ3n) is 5.62. The molecular formula is C24H40N8O6. The first kappa shape index (κ1) is 32.1. The van der Waals surface area contributed by atoms with Crippen LogP contribution in [0.15, 0.2) is 29.3 Å². The first-order valence-corrected chi connectivity index (χ1v) is 12.4. The Kier molecular flexibility index (Phi) is 14.2. The Bertz CT molecular complexity index is 952. The number of aliphatic carboxylic acids is 1. The molecule has 0 fully saturated rings. The highest BCUT2D eigenvalue weighted by molar-refractivity contribution is 5.94. The Morgan fingerprint density at radius 1 is 0.895 bits per heavy atom. The molecular weight excluding hydrogens is 496 g/mol. The topological polar surface area (TPSA) is 261 Å². The van der Waals surface area contributed by atoms with Gasteiger partial charge in [0.25, 0.3) is 0 Å². The predicted octanol–water partition coefficient (Wildman–Crippen LogP) is -2.00. The van der Waals surface area contributed by atoms with Crippen LogP contribution in [0.3, 0.4) is 0 Å². The molecule has 0 saturated carbocycles. The number of aromatic hydroxyl groups is 1. The van der Waals surface area contributed by atoms with Gasteiger partial charge in [-0.1, -0.05) is 18.6 Å².